The van der Waals surface area contributed by atoms with E-state index in [1.165, 1.54) is 7.11 Å². The first kappa shape index (κ1) is 14.7. The molecular weight excluding hydrogens is 230 g/mol. The van der Waals surface area contributed by atoms with Crippen LogP contribution in [0.25, 0.3) is 0 Å². The normalized spacial score (nSPS) is 16.0. The van der Waals surface area contributed by atoms with Gasteiger partial charge in [0.25, 0.3) is 0 Å². The van der Waals surface area contributed by atoms with Gasteiger partial charge in [-0.15, -0.1) is 0 Å². The second kappa shape index (κ2) is 6.54. The van der Waals surface area contributed by atoms with Gasteiger partial charge in [-0.05, 0) is 33.2 Å². The molecule has 1 N–H and O–H groups in total. The van der Waals surface area contributed by atoms with Crippen molar-refractivity contribution in [1.82, 2.24) is 14.9 Å². The summed E-state index contributed by atoms with van der Waals surface area (Å²) in [6.07, 6.45) is 7.05. The smallest absolute Gasteiger partial charge is 0.325 e. The number of hydrogen-bond acceptors (Lipinski definition) is 4. The molecule has 1 aromatic rings. The van der Waals surface area contributed by atoms with Crippen molar-refractivity contribution in [3.63, 3.8) is 0 Å². The lowest BCUT2D eigenvalue weighted by Gasteiger charge is -2.31. The van der Waals surface area contributed by atoms with Gasteiger partial charge in [0.15, 0.2) is 0 Å². The summed E-state index contributed by atoms with van der Waals surface area (Å²) in [6.45, 7) is 6.82. The van der Waals surface area contributed by atoms with Crippen molar-refractivity contribution in [2.24, 2.45) is 0 Å². The highest BCUT2D eigenvalue weighted by molar-refractivity contribution is 5.80. The molecule has 102 valence electrons. The van der Waals surface area contributed by atoms with Crippen molar-refractivity contribution in [2.75, 3.05) is 13.7 Å². The zero-order valence-electron chi connectivity index (χ0n) is 11.6. The molecule has 0 amide bonds. The second-order valence-electron chi connectivity index (χ2n) is 4.81. The number of nitrogens with one attached hydrogen (secondary N) is 1. The molecule has 0 aliphatic rings. The third-order valence-electron chi connectivity index (χ3n) is 3.14. The van der Waals surface area contributed by atoms with Crippen molar-refractivity contribution in [2.45, 2.75) is 45.2 Å². The topological polar surface area (TPSA) is 56.2 Å². The van der Waals surface area contributed by atoms with Gasteiger partial charge in [0.05, 0.1) is 13.4 Å². The van der Waals surface area contributed by atoms with Gasteiger partial charge in [-0.2, -0.15) is 0 Å². The van der Waals surface area contributed by atoms with Gasteiger partial charge in [-0.25, -0.2) is 4.98 Å². The standard InChI is InChI=1S/C13H23N3O2/c1-5-6-15-13(3,12(17)18-4)9-11(2)16-8-7-14-10-16/h7-8,10-11,15H,5-6,9H2,1-4H3. The van der Waals surface area contributed by atoms with Crippen molar-refractivity contribution >= 4 is 5.97 Å². The van der Waals surface area contributed by atoms with Gasteiger partial charge in [0.1, 0.15) is 5.54 Å². The molecule has 2 atom stereocenters. The maximum Gasteiger partial charge on any atom is 0.325 e. The Hall–Kier alpha value is -1.36. The number of nitrogens with zero attached hydrogens (tertiary/aromatic N) is 2. The number of rotatable bonds is 7. The molecule has 0 spiro atoms. The quantitative estimate of drug-likeness (QED) is 0.752. The van der Waals surface area contributed by atoms with Crippen LogP contribution < -0.4 is 5.32 Å². The van der Waals surface area contributed by atoms with E-state index in [0.717, 1.165) is 13.0 Å². The average Bonchev–Trinajstić information content (AvgIpc) is 2.89. The summed E-state index contributed by atoms with van der Waals surface area (Å²) < 4.78 is 6.90. The predicted octanol–water partition coefficient (Wildman–Crippen LogP) is 1.77. The molecule has 1 rings (SSSR count). The maximum atomic E-state index is 11.9. The minimum Gasteiger partial charge on any atom is -0.468 e. The first-order chi connectivity index (χ1) is 8.53. The molecule has 0 bridgehead atoms. The van der Waals surface area contributed by atoms with Crippen LogP contribution in [0.1, 0.15) is 39.7 Å². The van der Waals surface area contributed by atoms with Gasteiger partial charge < -0.3 is 14.6 Å². The van der Waals surface area contributed by atoms with E-state index < -0.39 is 5.54 Å². The fourth-order valence-corrected chi connectivity index (χ4v) is 2.08. The van der Waals surface area contributed by atoms with E-state index in [4.69, 9.17) is 4.74 Å². The zero-order valence-corrected chi connectivity index (χ0v) is 11.6. The largest absolute Gasteiger partial charge is 0.468 e. The van der Waals surface area contributed by atoms with Gasteiger partial charge in [0.2, 0.25) is 0 Å². The number of esters is 1. The van der Waals surface area contributed by atoms with Gasteiger partial charge in [0, 0.05) is 18.4 Å². The molecule has 5 nitrogen and oxygen atoms in total. The third kappa shape index (κ3) is 3.57. The SMILES string of the molecule is CCCNC(C)(CC(C)n1ccnc1)C(=O)OC. The molecular formula is C13H23N3O2. The minimum atomic E-state index is -0.658. The van der Waals surface area contributed by atoms with Crippen molar-refractivity contribution in [1.29, 1.82) is 0 Å². The fraction of sp³-hybridized carbons (Fsp3) is 0.692. The Bertz CT molecular complexity index is 364. The first-order valence-corrected chi connectivity index (χ1v) is 6.34. The van der Waals surface area contributed by atoms with E-state index in [1.807, 2.05) is 17.7 Å². The zero-order chi connectivity index (χ0) is 13.6. The van der Waals surface area contributed by atoms with E-state index in [2.05, 4.69) is 24.1 Å². The molecule has 0 aliphatic heterocycles. The van der Waals surface area contributed by atoms with Crippen LogP contribution in [0.15, 0.2) is 18.7 Å². The van der Waals surface area contributed by atoms with E-state index in [0.29, 0.717) is 6.42 Å². The molecule has 2 unspecified atom stereocenters. The predicted molar refractivity (Wildman–Crippen MR) is 70.3 cm³/mol. The number of imidazole rings is 1. The van der Waals surface area contributed by atoms with Gasteiger partial charge in [-0.1, -0.05) is 6.92 Å². The van der Waals surface area contributed by atoms with Crippen LogP contribution in [0.2, 0.25) is 0 Å². The molecule has 18 heavy (non-hydrogen) atoms. The minimum absolute atomic E-state index is 0.181. The van der Waals surface area contributed by atoms with Crippen molar-refractivity contribution < 1.29 is 9.53 Å². The average molecular weight is 253 g/mol. The Morgan fingerprint density at radius 2 is 2.33 bits per heavy atom. The van der Waals surface area contributed by atoms with E-state index in [-0.39, 0.29) is 12.0 Å². The van der Waals surface area contributed by atoms with Crippen molar-refractivity contribution in [3.05, 3.63) is 18.7 Å². The van der Waals surface area contributed by atoms with Crippen molar-refractivity contribution in [3.8, 4) is 0 Å². The molecule has 0 saturated heterocycles. The third-order valence-corrected chi connectivity index (χ3v) is 3.14. The summed E-state index contributed by atoms with van der Waals surface area (Å²) in [5, 5.41) is 3.28. The highest BCUT2D eigenvalue weighted by Crippen LogP contribution is 2.22. The molecule has 0 saturated carbocycles. The van der Waals surface area contributed by atoms with E-state index in [1.54, 1.807) is 12.5 Å². The first-order valence-electron chi connectivity index (χ1n) is 6.34. The van der Waals surface area contributed by atoms with Crippen LogP contribution in [0.5, 0.6) is 0 Å². The number of methoxy groups -OCH3 is 1. The van der Waals surface area contributed by atoms with Gasteiger partial charge >= 0.3 is 5.97 Å². The van der Waals surface area contributed by atoms with Crippen LogP contribution in [-0.4, -0.2) is 34.7 Å². The lowest BCUT2D eigenvalue weighted by Crippen LogP contribution is -2.51. The summed E-state index contributed by atoms with van der Waals surface area (Å²) in [4.78, 5) is 16.0. The lowest BCUT2D eigenvalue weighted by atomic mass is 9.93. The van der Waals surface area contributed by atoms with Crippen LogP contribution in [0.3, 0.4) is 0 Å². The van der Waals surface area contributed by atoms with Crippen LogP contribution in [0, 0.1) is 0 Å². The summed E-state index contributed by atoms with van der Waals surface area (Å²) >= 11 is 0. The summed E-state index contributed by atoms with van der Waals surface area (Å²) in [5.74, 6) is -0.220. The number of hydrogen-bond donors (Lipinski definition) is 1. The molecule has 1 heterocycles. The molecule has 0 aromatic carbocycles. The monoisotopic (exact) mass is 253 g/mol. The number of ether oxygens (including phenoxy) is 1. The summed E-state index contributed by atoms with van der Waals surface area (Å²) in [6, 6.07) is 0.181. The van der Waals surface area contributed by atoms with Gasteiger partial charge in [-0.3, -0.25) is 4.79 Å². The maximum absolute atomic E-state index is 11.9. The molecule has 1 aromatic heterocycles. The Balaban J connectivity index is 2.74. The van der Waals surface area contributed by atoms with E-state index in [9.17, 15) is 4.79 Å². The Morgan fingerprint density at radius 1 is 1.61 bits per heavy atom. The number of carbonyl (C=O) groups is 1. The number of aromatic nitrogens is 2. The lowest BCUT2D eigenvalue weighted by molar-refractivity contribution is -0.148. The molecule has 0 radical (unpaired) electrons. The Labute approximate surface area is 109 Å². The molecule has 5 heteroatoms. The van der Waals surface area contributed by atoms with Crippen LogP contribution in [-0.2, 0) is 9.53 Å². The Morgan fingerprint density at radius 3 is 2.83 bits per heavy atom. The second-order valence-corrected chi connectivity index (χ2v) is 4.81. The molecule has 0 aliphatic carbocycles. The van der Waals surface area contributed by atoms with Crippen LogP contribution in [0.4, 0.5) is 0 Å². The summed E-state index contributed by atoms with van der Waals surface area (Å²) in [7, 11) is 1.43. The number of carbonyl (C=O) groups excluding carboxylic acids is 1. The Kier molecular flexibility index (Phi) is 5.34. The molecule has 0 fully saturated rings. The van der Waals surface area contributed by atoms with E-state index >= 15 is 0 Å². The highest BCUT2D eigenvalue weighted by atomic mass is 16.5. The fourth-order valence-electron chi connectivity index (χ4n) is 2.08. The highest BCUT2D eigenvalue weighted by Gasteiger charge is 2.35. The summed E-state index contributed by atoms with van der Waals surface area (Å²) in [5.41, 5.74) is -0.658. The van der Waals surface area contributed by atoms with Crippen LogP contribution >= 0.6 is 0 Å².